The van der Waals surface area contributed by atoms with Gasteiger partial charge in [0.1, 0.15) is 0 Å². The van der Waals surface area contributed by atoms with Crippen LogP contribution in [-0.2, 0) is 16.1 Å². The summed E-state index contributed by atoms with van der Waals surface area (Å²) >= 11 is 0. The Hall–Kier alpha value is -2.14. The Balaban J connectivity index is 1.71. The normalized spacial score (nSPS) is 15.6. The molecule has 3 rings (SSSR count). The monoisotopic (exact) mass is 313 g/mol. The fourth-order valence-electron chi connectivity index (χ4n) is 3.03. The van der Waals surface area contributed by atoms with E-state index in [2.05, 4.69) is 10.4 Å². The van der Waals surface area contributed by atoms with Crippen LogP contribution >= 0.6 is 0 Å². The van der Waals surface area contributed by atoms with Crippen LogP contribution in [0.15, 0.2) is 30.3 Å². The van der Waals surface area contributed by atoms with Gasteiger partial charge in [0.25, 0.3) is 0 Å². The van der Waals surface area contributed by atoms with Crippen LogP contribution in [0.4, 0.5) is 0 Å². The third-order valence-electron chi connectivity index (χ3n) is 4.47. The molecule has 1 saturated heterocycles. The number of carbonyl (C=O) groups excluding carboxylic acids is 1. The van der Waals surface area contributed by atoms with Crippen molar-refractivity contribution < 1.29 is 9.53 Å². The van der Waals surface area contributed by atoms with Gasteiger partial charge >= 0.3 is 0 Å². The van der Waals surface area contributed by atoms with Crippen LogP contribution in [0.5, 0.6) is 0 Å². The van der Waals surface area contributed by atoms with Gasteiger partial charge in [0.15, 0.2) is 0 Å². The molecule has 1 aliphatic rings. The summed E-state index contributed by atoms with van der Waals surface area (Å²) in [6.07, 6.45) is 1.63. The van der Waals surface area contributed by atoms with Crippen LogP contribution in [0, 0.1) is 19.8 Å². The predicted octanol–water partition coefficient (Wildman–Crippen LogP) is 2.53. The van der Waals surface area contributed by atoms with Crippen LogP contribution in [-0.4, -0.2) is 28.9 Å². The number of ether oxygens (including phenoxy) is 1. The maximum absolute atomic E-state index is 12.3. The molecule has 122 valence electrons. The van der Waals surface area contributed by atoms with Gasteiger partial charge in [-0.2, -0.15) is 5.10 Å². The molecule has 5 heteroatoms. The number of aromatic nitrogens is 2. The number of hydrogen-bond acceptors (Lipinski definition) is 3. The van der Waals surface area contributed by atoms with Crippen molar-refractivity contribution in [2.75, 3.05) is 13.2 Å². The van der Waals surface area contributed by atoms with E-state index in [-0.39, 0.29) is 11.8 Å². The molecule has 0 spiro atoms. The molecular formula is C18H23N3O2. The Morgan fingerprint density at radius 3 is 2.65 bits per heavy atom. The van der Waals surface area contributed by atoms with Crippen molar-refractivity contribution >= 4 is 5.91 Å². The SMILES string of the molecule is Cc1nn(-c2ccccc2)c(C)c1CNC(=O)C1CCOCC1. The average molecular weight is 313 g/mol. The highest BCUT2D eigenvalue weighted by Crippen LogP contribution is 2.19. The second-order valence-electron chi connectivity index (χ2n) is 6.00. The number of nitrogens with one attached hydrogen (secondary N) is 1. The Morgan fingerprint density at radius 2 is 1.96 bits per heavy atom. The third kappa shape index (κ3) is 3.45. The maximum Gasteiger partial charge on any atom is 0.223 e. The summed E-state index contributed by atoms with van der Waals surface area (Å²) in [5.74, 6) is 0.202. The van der Waals surface area contributed by atoms with Crippen molar-refractivity contribution in [3.8, 4) is 5.69 Å². The van der Waals surface area contributed by atoms with E-state index in [0.717, 1.165) is 35.5 Å². The number of carbonyl (C=O) groups is 1. The summed E-state index contributed by atoms with van der Waals surface area (Å²) in [5.41, 5.74) is 4.16. The minimum absolute atomic E-state index is 0.0773. The summed E-state index contributed by atoms with van der Waals surface area (Å²) < 4.78 is 7.25. The first-order valence-electron chi connectivity index (χ1n) is 8.13. The minimum atomic E-state index is 0.0773. The first-order valence-corrected chi connectivity index (χ1v) is 8.13. The molecule has 1 aromatic heterocycles. The lowest BCUT2D eigenvalue weighted by Gasteiger charge is -2.21. The lowest BCUT2D eigenvalue weighted by molar-refractivity contribution is -0.128. The van der Waals surface area contributed by atoms with Gasteiger partial charge in [-0.1, -0.05) is 18.2 Å². The fraction of sp³-hybridized carbons (Fsp3) is 0.444. The molecular weight excluding hydrogens is 290 g/mol. The van der Waals surface area contributed by atoms with Gasteiger partial charge < -0.3 is 10.1 Å². The number of para-hydroxylation sites is 1. The van der Waals surface area contributed by atoms with Gasteiger partial charge in [-0.25, -0.2) is 4.68 Å². The van der Waals surface area contributed by atoms with E-state index in [1.54, 1.807) is 0 Å². The van der Waals surface area contributed by atoms with Crippen LogP contribution in [0.1, 0.15) is 29.8 Å². The van der Waals surface area contributed by atoms with Crippen molar-refractivity contribution in [3.05, 3.63) is 47.3 Å². The number of amides is 1. The Bertz CT molecular complexity index is 673. The summed E-state index contributed by atoms with van der Waals surface area (Å²) in [6, 6.07) is 10.1. The number of nitrogens with zero attached hydrogens (tertiary/aromatic N) is 2. The summed E-state index contributed by atoms with van der Waals surface area (Å²) in [7, 11) is 0. The lowest BCUT2D eigenvalue weighted by atomic mass is 9.99. The van der Waals surface area contributed by atoms with E-state index in [4.69, 9.17) is 4.74 Å². The molecule has 0 saturated carbocycles. The number of aryl methyl sites for hydroxylation is 1. The molecule has 1 N–H and O–H groups in total. The molecule has 0 unspecified atom stereocenters. The highest BCUT2D eigenvalue weighted by atomic mass is 16.5. The molecule has 1 aliphatic heterocycles. The van der Waals surface area contributed by atoms with Crippen molar-refractivity contribution in [2.24, 2.45) is 5.92 Å². The number of rotatable bonds is 4. The molecule has 2 heterocycles. The van der Waals surface area contributed by atoms with Crippen molar-refractivity contribution in [1.82, 2.24) is 15.1 Å². The zero-order valence-corrected chi connectivity index (χ0v) is 13.7. The van der Waals surface area contributed by atoms with E-state index in [9.17, 15) is 4.79 Å². The Morgan fingerprint density at radius 1 is 1.26 bits per heavy atom. The molecule has 5 nitrogen and oxygen atoms in total. The van der Waals surface area contributed by atoms with E-state index in [1.807, 2.05) is 48.9 Å². The molecule has 23 heavy (non-hydrogen) atoms. The van der Waals surface area contributed by atoms with Crippen molar-refractivity contribution in [3.63, 3.8) is 0 Å². The third-order valence-corrected chi connectivity index (χ3v) is 4.47. The van der Waals surface area contributed by atoms with Crippen LogP contribution in [0.2, 0.25) is 0 Å². The predicted molar refractivity (Wildman–Crippen MR) is 88.4 cm³/mol. The van der Waals surface area contributed by atoms with E-state index in [1.165, 1.54) is 0 Å². The van der Waals surface area contributed by atoms with Crippen LogP contribution in [0.3, 0.4) is 0 Å². The molecule has 2 aromatic rings. The molecule has 1 aromatic carbocycles. The van der Waals surface area contributed by atoms with E-state index < -0.39 is 0 Å². The highest BCUT2D eigenvalue weighted by molar-refractivity contribution is 5.78. The molecule has 1 fully saturated rings. The summed E-state index contributed by atoms with van der Waals surface area (Å²) in [4.78, 5) is 12.3. The average Bonchev–Trinajstić information content (AvgIpc) is 2.88. The second kappa shape index (κ2) is 6.96. The standard InChI is InChI=1S/C18H23N3O2/c1-13-17(12-19-18(22)15-8-10-23-11-9-15)14(2)21(20-13)16-6-4-3-5-7-16/h3-7,15H,8-12H2,1-2H3,(H,19,22). The fourth-order valence-corrected chi connectivity index (χ4v) is 3.03. The zero-order valence-electron chi connectivity index (χ0n) is 13.7. The molecule has 0 radical (unpaired) electrons. The molecule has 0 atom stereocenters. The van der Waals surface area contributed by atoms with Crippen LogP contribution < -0.4 is 5.32 Å². The maximum atomic E-state index is 12.3. The molecule has 1 amide bonds. The summed E-state index contributed by atoms with van der Waals surface area (Å²) in [5, 5.41) is 7.68. The van der Waals surface area contributed by atoms with Gasteiger partial charge in [0.2, 0.25) is 5.91 Å². The van der Waals surface area contributed by atoms with Gasteiger partial charge in [0.05, 0.1) is 11.4 Å². The Labute approximate surface area is 136 Å². The lowest BCUT2D eigenvalue weighted by Crippen LogP contribution is -2.34. The highest BCUT2D eigenvalue weighted by Gasteiger charge is 2.22. The number of benzene rings is 1. The summed E-state index contributed by atoms with van der Waals surface area (Å²) in [6.45, 7) is 5.93. The second-order valence-corrected chi connectivity index (χ2v) is 6.00. The van der Waals surface area contributed by atoms with Crippen LogP contribution in [0.25, 0.3) is 5.69 Å². The quantitative estimate of drug-likeness (QED) is 0.943. The zero-order chi connectivity index (χ0) is 16.2. The van der Waals surface area contributed by atoms with Gasteiger partial charge in [-0.05, 0) is 38.8 Å². The van der Waals surface area contributed by atoms with Crippen molar-refractivity contribution in [2.45, 2.75) is 33.2 Å². The first kappa shape index (κ1) is 15.7. The van der Waals surface area contributed by atoms with Crippen molar-refractivity contribution in [1.29, 1.82) is 0 Å². The van der Waals surface area contributed by atoms with Gasteiger partial charge in [-0.15, -0.1) is 0 Å². The minimum Gasteiger partial charge on any atom is -0.381 e. The van der Waals surface area contributed by atoms with E-state index >= 15 is 0 Å². The largest absolute Gasteiger partial charge is 0.381 e. The topological polar surface area (TPSA) is 56.2 Å². The van der Waals surface area contributed by atoms with Gasteiger partial charge in [0, 0.05) is 36.9 Å². The smallest absolute Gasteiger partial charge is 0.223 e. The number of hydrogen-bond donors (Lipinski definition) is 1. The van der Waals surface area contributed by atoms with Gasteiger partial charge in [-0.3, -0.25) is 4.79 Å². The molecule has 0 bridgehead atoms. The first-order chi connectivity index (χ1) is 11.2. The Kier molecular flexibility index (Phi) is 4.76. The van der Waals surface area contributed by atoms with E-state index in [0.29, 0.717) is 19.8 Å². The molecule has 0 aliphatic carbocycles.